The van der Waals surface area contributed by atoms with Crippen LogP contribution in [0.5, 0.6) is 17.2 Å². The average Bonchev–Trinajstić information content (AvgIpc) is 4.19. The first-order valence-electron chi connectivity index (χ1n) is 24.0. The summed E-state index contributed by atoms with van der Waals surface area (Å²) in [5, 5.41) is 0. The summed E-state index contributed by atoms with van der Waals surface area (Å²) in [6.45, 7) is 16.7. The van der Waals surface area contributed by atoms with Gasteiger partial charge in [-0.1, -0.05) is 94.1 Å². The van der Waals surface area contributed by atoms with Crippen LogP contribution in [0.4, 0.5) is 0 Å². The van der Waals surface area contributed by atoms with Crippen molar-refractivity contribution in [3.63, 3.8) is 0 Å². The quantitative estimate of drug-likeness (QED) is 0.201. The molecular weight excluding hydrogens is 733 g/mol. The molecule has 3 aromatic rings. The second kappa shape index (κ2) is 23.8. The van der Waals surface area contributed by atoms with Crippen molar-refractivity contribution in [1.29, 1.82) is 0 Å². The number of para-hydroxylation sites is 1. The Bertz CT molecular complexity index is 1440. The minimum absolute atomic E-state index is 0.339. The van der Waals surface area contributed by atoms with Gasteiger partial charge in [-0.2, -0.15) is 0 Å². The van der Waals surface area contributed by atoms with Gasteiger partial charge >= 0.3 is 0 Å². The van der Waals surface area contributed by atoms with Crippen molar-refractivity contribution in [2.45, 2.75) is 137 Å². The van der Waals surface area contributed by atoms with Crippen LogP contribution < -0.4 is 14.2 Å². The Kier molecular flexibility index (Phi) is 18.3. The van der Waals surface area contributed by atoms with Crippen molar-refractivity contribution < 1.29 is 28.4 Å². The van der Waals surface area contributed by atoms with E-state index < -0.39 is 0 Å². The fourth-order valence-electron chi connectivity index (χ4n) is 10.9. The summed E-state index contributed by atoms with van der Waals surface area (Å²) in [5.74, 6) is 12.4. The van der Waals surface area contributed by atoms with E-state index in [0.29, 0.717) is 38.1 Å². The second-order valence-corrected chi connectivity index (χ2v) is 17.9. The van der Waals surface area contributed by atoms with Gasteiger partial charge in [-0.3, -0.25) is 0 Å². The van der Waals surface area contributed by atoms with E-state index >= 15 is 0 Å². The van der Waals surface area contributed by atoms with Crippen molar-refractivity contribution in [1.82, 2.24) is 0 Å². The molecule has 3 saturated heterocycles. The highest BCUT2D eigenvalue weighted by Gasteiger charge is 2.49. The molecule has 11 atom stereocenters. The van der Waals surface area contributed by atoms with E-state index in [-0.39, 0.29) is 0 Å². The summed E-state index contributed by atoms with van der Waals surface area (Å²) in [6, 6.07) is 25.9. The predicted octanol–water partition coefficient (Wildman–Crippen LogP) is 12.7. The zero-order chi connectivity index (χ0) is 41.4. The van der Waals surface area contributed by atoms with E-state index in [1.54, 1.807) is 77.0 Å². The van der Waals surface area contributed by atoms with Gasteiger partial charge in [-0.15, -0.1) is 0 Å². The maximum atomic E-state index is 5.46. The zero-order valence-electron chi connectivity index (χ0n) is 37.5. The van der Waals surface area contributed by atoms with E-state index in [0.717, 1.165) is 37.1 Å². The molecule has 0 radical (unpaired) electrons. The first-order chi connectivity index (χ1) is 29.0. The van der Waals surface area contributed by atoms with Crippen LogP contribution in [-0.4, -0.2) is 58.0 Å². The number of rotatable bonds is 9. The van der Waals surface area contributed by atoms with Crippen molar-refractivity contribution in [3.8, 4) is 17.2 Å². The van der Waals surface area contributed by atoms with Crippen LogP contribution in [0.15, 0.2) is 78.9 Å². The number of benzene rings is 3. The molecule has 3 aliphatic heterocycles. The maximum absolute atomic E-state index is 5.46. The Morgan fingerprint density at radius 1 is 0.407 bits per heavy atom. The number of epoxide rings is 3. The largest absolute Gasteiger partial charge is 0.491 e. The second-order valence-electron chi connectivity index (χ2n) is 17.9. The molecule has 11 unspecified atom stereocenters. The van der Waals surface area contributed by atoms with Gasteiger partial charge in [0.05, 0.1) is 19.8 Å². The molecule has 6 heteroatoms. The van der Waals surface area contributed by atoms with Gasteiger partial charge in [0.25, 0.3) is 0 Å². The highest BCUT2D eigenvalue weighted by atomic mass is 16.6. The Labute approximate surface area is 358 Å². The summed E-state index contributed by atoms with van der Waals surface area (Å²) < 4.78 is 31.4. The van der Waals surface area contributed by atoms with Gasteiger partial charge in [0.2, 0.25) is 0 Å². The molecule has 12 rings (SSSR count). The summed E-state index contributed by atoms with van der Waals surface area (Å²) >= 11 is 0. The number of hydrogen-bond acceptors (Lipinski definition) is 6. The molecule has 0 N–H and O–H groups in total. The SMILES string of the molecule is C1CC2C3CCC(C3)C2C1.C1CC2C3CCC(C3)C2C1.CC.CC.Cc1ccc(OCC2CO2)cc1.Cc1ccc(OCC2CO2)cc1.c1ccc(OCC2CO2)cc1. The van der Waals surface area contributed by atoms with Gasteiger partial charge in [-0.25, -0.2) is 0 Å². The summed E-state index contributed by atoms with van der Waals surface area (Å²) in [6.07, 6.45) is 20.1. The molecule has 6 saturated carbocycles. The predicted molar refractivity (Wildman–Crippen MR) is 241 cm³/mol. The summed E-state index contributed by atoms with van der Waals surface area (Å²) in [5.41, 5.74) is 2.51. The van der Waals surface area contributed by atoms with Crippen LogP contribution in [0.2, 0.25) is 0 Å². The van der Waals surface area contributed by atoms with E-state index in [1.807, 2.05) is 107 Å². The fraction of sp³-hybridized carbons (Fsp3) is 0.660. The van der Waals surface area contributed by atoms with Crippen LogP contribution >= 0.6 is 0 Å². The molecule has 4 bridgehead atoms. The van der Waals surface area contributed by atoms with Gasteiger partial charge in [0.1, 0.15) is 55.4 Å². The van der Waals surface area contributed by atoms with Gasteiger partial charge in [0, 0.05) is 0 Å². The highest BCUT2D eigenvalue weighted by Crippen LogP contribution is 2.59. The van der Waals surface area contributed by atoms with Crippen LogP contribution in [0.3, 0.4) is 0 Å². The Morgan fingerprint density at radius 2 is 0.695 bits per heavy atom. The van der Waals surface area contributed by atoms with Crippen LogP contribution in [0.1, 0.15) is 116 Å². The molecule has 9 fully saturated rings. The molecule has 326 valence electrons. The third-order valence-electron chi connectivity index (χ3n) is 14.0. The molecule has 0 amide bonds. The van der Waals surface area contributed by atoms with E-state index in [9.17, 15) is 0 Å². The lowest BCUT2D eigenvalue weighted by Gasteiger charge is -2.23. The van der Waals surface area contributed by atoms with Crippen molar-refractivity contribution in [2.24, 2.45) is 47.3 Å². The molecule has 3 aromatic carbocycles. The molecular formula is C53H78O6. The first-order valence-corrected chi connectivity index (χ1v) is 24.0. The molecule has 6 nitrogen and oxygen atoms in total. The molecule has 9 aliphatic rings. The van der Waals surface area contributed by atoms with Crippen molar-refractivity contribution in [3.05, 3.63) is 90.0 Å². The van der Waals surface area contributed by atoms with Crippen LogP contribution in [0.25, 0.3) is 0 Å². The van der Waals surface area contributed by atoms with Crippen LogP contribution in [0, 0.1) is 61.2 Å². The maximum Gasteiger partial charge on any atom is 0.119 e. The van der Waals surface area contributed by atoms with E-state index in [1.165, 1.54) is 58.5 Å². The third kappa shape index (κ3) is 14.5. The first kappa shape index (κ1) is 45.5. The fourth-order valence-corrected chi connectivity index (χ4v) is 10.9. The lowest BCUT2D eigenvalue weighted by Crippen LogP contribution is -2.15. The Hall–Kier alpha value is -3.06. The monoisotopic (exact) mass is 811 g/mol. The van der Waals surface area contributed by atoms with Gasteiger partial charge < -0.3 is 28.4 Å². The van der Waals surface area contributed by atoms with E-state index in [4.69, 9.17) is 28.4 Å². The lowest BCUT2D eigenvalue weighted by molar-refractivity contribution is 0.259. The van der Waals surface area contributed by atoms with Crippen LogP contribution in [-0.2, 0) is 14.2 Å². The molecule has 0 aromatic heterocycles. The normalized spacial score (nSPS) is 32.1. The Balaban J connectivity index is 0.000000121. The van der Waals surface area contributed by atoms with Crippen molar-refractivity contribution >= 4 is 0 Å². The van der Waals surface area contributed by atoms with Crippen molar-refractivity contribution in [2.75, 3.05) is 39.6 Å². The average molecular weight is 811 g/mol. The number of ether oxygens (including phenoxy) is 6. The third-order valence-corrected chi connectivity index (χ3v) is 14.0. The molecule has 0 spiro atoms. The molecule has 6 aliphatic carbocycles. The zero-order valence-corrected chi connectivity index (χ0v) is 37.5. The van der Waals surface area contributed by atoms with E-state index in [2.05, 4.69) is 13.8 Å². The minimum atomic E-state index is 0.339. The smallest absolute Gasteiger partial charge is 0.119 e. The highest BCUT2D eigenvalue weighted by molar-refractivity contribution is 5.27. The topological polar surface area (TPSA) is 65.3 Å². The summed E-state index contributed by atoms with van der Waals surface area (Å²) in [4.78, 5) is 0. The Morgan fingerprint density at radius 3 is 0.983 bits per heavy atom. The lowest BCUT2D eigenvalue weighted by atomic mass is 9.82. The number of fused-ring (bicyclic) bond motifs is 10. The molecule has 59 heavy (non-hydrogen) atoms. The van der Waals surface area contributed by atoms with Gasteiger partial charge in [0.15, 0.2) is 0 Å². The standard InChI is InChI=1S/2C10H12O2.2C10H16.C9H10O2.2C2H6/c2*1-8-2-4-9(5-3-8)11-6-10-7-12-10;2*1-2-9-7-4-5-8(6-7)10(9)3-1;1-2-4-8(5-3-1)10-6-9-7-11-9;2*1-2/h2*2-5,10H,6-7H2,1H3;2*7-10H,1-6H2;1-5,9H,6-7H2;2*1-2H3. The van der Waals surface area contributed by atoms with Gasteiger partial charge in [-0.05, 0) is 162 Å². The summed E-state index contributed by atoms with van der Waals surface area (Å²) in [7, 11) is 0. The minimum Gasteiger partial charge on any atom is -0.491 e. The number of aryl methyl sites for hydroxylation is 2. The number of hydrogen-bond donors (Lipinski definition) is 0. The molecule has 3 heterocycles.